The van der Waals surface area contributed by atoms with Crippen molar-refractivity contribution in [2.45, 2.75) is 33.1 Å². The van der Waals surface area contributed by atoms with Gasteiger partial charge >= 0.3 is 0 Å². The molecule has 0 aromatic heterocycles. The van der Waals surface area contributed by atoms with Crippen LogP contribution >= 0.6 is 11.6 Å². The van der Waals surface area contributed by atoms with Gasteiger partial charge in [0, 0.05) is 5.02 Å². The molecule has 0 aliphatic carbocycles. The van der Waals surface area contributed by atoms with Crippen molar-refractivity contribution >= 4 is 11.6 Å². The van der Waals surface area contributed by atoms with Gasteiger partial charge in [0.25, 0.3) is 0 Å². The van der Waals surface area contributed by atoms with Crippen LogP contribution < -0.4 is 0 Å². The maximum Gasteiger partial charge on any atom is 0.0438 e. The molecule has 1 aromatic rings. The second-order valence-electron chi connectivity index (χ2n) is 3.20. The third kappa shape index (κ3) is 2.53. The topological polar surface area (TPSA) is 0 Å². The van der Waals surface area contributed by atoms with Gasteiger partial charge in [-0.1, -0.05) is 42.6 Å². The van der Waals surface area contributed by atoms with Gasteiger partial charge in [0.15, 0.2) is 0 Å². The van der Waals surface area contributed by atoms with Crippen molar-refractivity contribution in [3.8, 4) is 0 Å². The number of hydrogen-bond donors (Lipinski definition) is 0. The molecule has 12 heavy (non-hydrogen) atoms. The van der Waals surface area contributed by atoms with Gasteiger partial charge in [-0.05, 0) is 31.4 Å². The zero-order valence-electron chi connectivity index (χ0n) is 7.73. The number of rotatable bonds is 3. The molecule has 1 aromatic carbocycles. The third-order valence-corrected chi connectivity index (χ3v) is 2.37. The second-order valence-corrected chi connectivity index (χ2v) is 3.61. The molecular formula is C11H15Cl. The largest absolute Gasteiger partial charge is 0.0840 e. The molecule has 0 N–H and O–H groups in total. The fraction of sp³-hybridized carbons (Fsp3) is 0.455. The van der Waals surface area contributed by atoms with Crippen LogP contribution in [0.25, 0.3) is 0 Å². The molecule has 1 heteroatoms. The summed E-state index contributed by atoms with van der Waals surface area (Å²) in [4.78, 5) is 0. The lowest BCUT2D eigenvalue weighted by molar-refractivity contribution is 0.794. The summed E-state index contributed by atoms with van der Waals surface area (Å²) >= 11 is 6.03. The number of unbranched alkanes of at least 4 members (excludes halogenated alkanes) is 1. The minimum atomic E-state index is 0.911. The number of aryl methyl sites for hydroxylation is 2. The summed E-state index contributed by atoms with van der Waals surface area (Å²) in [6, 6.07) is 6.22. The maximum atomic E-state index is 6.03. The van der Waals surface area contributed by atoms with Crippen molar-refractivity contribution < 1.29 is 0 Å². The van der Waals surface area contributed by atoms with E-state index in [4.69, 9.17) is 11.6 Å². The molecule has 0 spiro atoms. The van der Waals surface area contributed by atoms with Gasteiger partial charge in [-0.2, -0.15) is 0 Å². The monoisotopic (exact) mass is 182 g/mol. The molecular weight excluding hydrogens is 168 g/mol. The van der Waals surface area contributed by atoms with E-state index in [0.29, 0.717) is 0 Å². The molecule has 0 aliphatic heterocycles. The average Bonchev–Trinajstić information content (AvgIpc) is 2.07. The highest BCUT2D eigenvalue weighted by Gasteiger charge is 1.98. The van der Waals surface area contributed by atoms with E-state index in [1.54, 1.807) is 0 Å². The van der Waals surface area contributed by atoms with Crippen molar-refractivity contribution in [3.05, 3.63) is 34.3 Å². The van der Waals surface area contributed by atoms with E-state index in [1.807, 2.05) is 6.07 Å². The predicted molar refractivity (Wildman–Crippen MR) is 54.8 cm³/mol. The highest BCUT2D eigenvalue weighted by Crippen LogP contribution is 2.19. The van der Waals surface area contributed by atoms with Gasteiger partial charge < -0.3 is 0 Å². The normalized spacial score (nSPS) is 10.2. The summed E-state index contributed by atoms with van der Waals surface area (Å²) in [6.07, 6.45) is 3.56. The Kier molecular flexibility index (Phi) is 3.61. The molecule has 0 atom stereocenters. The third-order valence-electron chi connectivity index (χ3n) is 2.00. The zero-order chi connectivity index (χ0) is 8.97. The van der Waals surface area contributed by atoms with Gasteiger partial charge in [-0.25, -0.2) is 0 Å². The number of hydrogen-bond acceptors (Lipinski definition) is 0. The van der Waals surface area contributed by atoms with Gasteiger partial charge in [-0.3, -0.25) is 0 Å². The van der Waals surface area contributed by atoms with Crippen molar-refractivity contribution in [1.82, 2.24) is 0 Å². The molecule has 0 fully saturated rings. The maximum absolute atomic E-state index is 6.03. The lowest BCUT2D eigenvalue weighted by atomic mass is 10.1. The lowest BCUT2D eigenvalue weighted by Crippen LogP contribution is -1.87. The van der Waals surface area contributed by atoms with Crippen LogP contribution in [0.4, 0.5) is 0 Å². The van der Waals surface area contributed by atoms with E-state index in [-0.39, 0.29) is 0 Å². The molecule has 0 saturated heterocycles. The fourth-order valence-electron chi connectivity index (χ4n) is 1.26. The van der Waals surface area contributed by atoms with Crippen molar-refractivity contribution in [2.24, 2.45) is 0 Å². The van der Waals surface area contributed by atoms with Crippen molar-refractivity contribution in [3.63, 3.8) is 0 Å². The van der Waals surface area contributed by atoms with Crippen LogP contribution in [-0.2, 0) is 6.42 Å². The van der Waals surface area contributed by atoms with Gasteiger partial charge in [0.2, 0.25) is 0 Å². The Morgan fingerprint density at radius 1 is 1.33 bits per heavy atom. The first-order chi connectivity index (χ1) is 5.74. The van der Waals surface area contributed by atoms with Crippen LogP contribution in [-0.4, -0.2) is 0 Å². The summed E-state index contributed by atoms with van der Waals surface area (Å²) < 4.78 is 0. The van der Waals surface area contributed by atoms with Crippen LogP contribution in [0.2, 0.25) is 5.02 Å². The summed E-state index contributed by atoms with van der Waals surface area (Å²) in [5.74, 6) is 0. The Morgan fingerprint density at radius 3 is 2.75 bits per heavy atom. The van der Waals surface area contributed by atoms with E-state index in [2.05, 4.69) is 26.0 Å². The second kappa shape index (κ2) is 4.51. The molecule has 0 heterocycles. The molecule has 0 bridgehead atoms. The Bertz CT molecular complexity index is 253. The van der Waals surface area contributed by atoms with Crippen LogP contribution in [0.15, 0.2) is 18.2 Å². The van der Waals surface area contributed by atoms with E-state index >= 15 is 0 Å². The van der Waals surface area contributed by atoms with Crippen molar-refractivity contribution in [2.75, 3.05) is 0 Å². The van der Waals surface area contributed by atoms with Crippen molar-refractivity contribution in [1.29, 1.82) is 0 Å². The minimum absolute atomic E-state index is 0.911. The highest BCUT2D eigenvalue weighted by molar-refractivity contribution is 6.31. The van der Waals surface area contributed by atoms with E-state index < -0.39 is 0 Å². The van der Waals surface area contributed by atoms with Gasteiger partial charge in [0.05, 0.1) is 0 Å². The molecule has 0 aliphatic rings. The number of benzene rings is 1. The Morgan fingerprint density at radius 2 is 2.08 bits per heavy atom. The van der Waals surface area contributed by atoms with E-state index in [1.165, 1.54) is 24.0 Å². The first kappa shape index (κ1) is 9.60. The molecule has 0 saturated carbocycles. The average molecular weight is 183 g/mol. The quantitative estimate of drug-likeness (QED) is 0.663. The smallest absolute Gasteiger partial charge is 0.0438 e. The highest BCUT2D eigenvalue weighted by atomic mass is 35.5. The number of halogens is 1. The van der Waals surface area contributed by atoms with Crippen LogP contribution in [0.5, 0.6) is 0 Å². The standard InChI is InChI=1S/C11H15Cl/c1-3-4-5-10-8-9(2)6-7-11(10)12/h6-8H,3-5H2,1-2H3. The van der Waals surface area contributed by atoms with Crippen LogP contribution in [0.1, 0.15) is 30.9 Å². The lowest BCUT2D eigenvalue weighted by Gasteiger charge is -2.03. The molecule has 0 radical (unpaired) electrons. The van der Waals surface area contributed by atoms with E-state index in [9.17, 15) is 0 Å². The SMILES string of the molecule is CCCCc1cc(C)ccc1Cl. The minimum Gasteiger partial charge on any atom is -0.0840 e. The fourth-order valence-corrected chi connectivity index (χ4v) is 1.47. The summed E-state index contributed by atoms with van der Waals surface area (Å²) in [5, 5.41) is 0.911. The molecule has 66 valence electrons. The summed E-state index contributed by atoms with van der Waals surface area (Å²) in [5.41, 5.74) is 2.59. The Labute approximate surface area is 79.6 Å². The first-order valence-electron chi connectivity index (χ1n) is 4.49. The predicted octanol–water partition coefficient (Wildman–Crippen LogP) is 3.99. The molecule has 1 rings (SSSR count). The summed E-state index contributed by atoms with van der Waals surface area (Å²) in [6.45, 7) is 4.30. The molecule has 0 nitrogen and oxygen atoms in total. The molecule has 0 amide bonds. The van der Waals surface area contributed by atoms with Gasteiger partial charge in [0.1, 0.15) is 0 Å². The summed E-state index contributed by atoms with van der Waals surface area (Å²) in [7, 11) is 0. The van der Waals surface area contributed by atoms with Crippen LogP contribution in [0, 0.1) is 6.92 Å². The van der Waals surface area contributed by atoms with Gasteiger partial charge in [-0.15, -0.1) is 0 Å². The molecule has 0 unspecified atom stereocenters. The first-order valence-corrected chi connectivity index (χ1v) is 4.87. The van der Waals surface area contributed by atoms with E-state index in [0.717, 1.165) is 11.4 Å². The zero-order valence-corrected chi connectivity index (χ0v) is 8.49. The Balaban J connectivity index is 2.75. The Hall–Kier alpha value is -0.490. The van der Waals surface area contributed by atoms with Crippen LogP contribution in [0.3, 0.4) is 0 Å².